The van der Waals surface area contributed by atoms with E-state index in [4.69, 9.17) is 0 Å². The van der Waals surface area contributed by atoms with Gasteiger partial charge in [0, 0.05) is 11.0 Å². The highest BCUT2D eigenvalue weighted by Crippen LogP contribution is 2.12. The molecule has 0 atom stereocenters. The van der Waals surface area contributed by atoms with Gasteiger partial charge in [-0.15, -0.1) is 0 Å². The third kappa shape index (κ3) is 3.98. The van der Waals surface area contributed by atoms with Crippen molar-refractivity contribution in [1.82, 2.24) is 5.32 Å². The molecule has 0 aliphatic carbocycles. The zero-order valence-electron chi connectivity index (χ0n) is 10.2. The number of carbonyl (C=O) groups is 2. The van der Waals surface area contributed by atoms with E-state index in [9.17, 15) is 14.0 Å². The quantitative estimate of drug-likeness (QED) is 0.819. The first-order valence-corrected chi connectivity index (χ1v) is 5.38. The number of ketones is 1. The van der Waals surface area contributed by atoms with Crippen molar-refractivity contribution >= 4 is 11.7 Å². The van der Waals surface area contributed by atoms with Crippen LogP contribution in [-0.4, -0.2) is 18.2 Å². The van der Waals surface area contributed by atoms with E-state index < -0.39 is 5.41 Å². The van der Waals surface area contributed by atoms with Crippen LogP contribution in [0.25, 0.3) is 0 Å². The molecule has 0 spiro atoms. The molecule has 1 amide bonds. The molecule has 0 aliphatic rings. The molecule has 0 radical (unpaired) electrons. The van der Waals surface area contributed by atoms with E-state index >= 15 is 0 Å². The number of rotatable bonds is 3. The fraction of sp³-hybridized carbons (Fsp3) is 0.385. The molecule has 0 saturated carbocycles. The van der Waals surface area contributed by atoms with E-state index in [-0.39, 0.29) is 24.1 Å². The van der Waals surface area contributed by atoms with Crippen LogP contribution < -0.4 is 5.32 Å². The molecule has 0 aromatic heterocycles. The van der Waals surface area contributed by atoms with Gasteiger partial charge >= 0.3 is 0 Å². The van der Waals surface area contributed by atoms with E-state index in [0.717, 1.165) is 0 Å². The zero-order valence-corrected chi connectivity index (χ0v) is 10.2. The van der Waals surface area contributed by atoms with E-state index in [1.165, 1.54) is 24.3 Å². The number of Topliss-reactive ketones (excluding diaryl/α,β-unsaturated/α-hetero) is 1. The van der Waals surface area contributed by atoms with Crippen LogP contribution in [0.5, 0.6) is 0 Å². The number of nitrogens with one attached hydrogen (secondary N) is 1. The summed E-state index contributed by atoms with van der Waals surface area (Å²) in [4.78, 5) is 23.2. The van der Waals surface area contributed by atoms with Gasteiger partial charge in [0.05, 0.1) is 6.54 Å². The van der Waals surface area contributed by atoms with Gasteiger partial charge in [0.15, 0.2) is 5.78 Å². The first kappa shape index (κ1) is 13.4. The predicted octanol–water partition coefficient (Wildman–Crippen LogP) is 2.17. The minimum absolute atomic E-state index is 0.0677. The summed E-state index contributed by atoms with van der Waals surface area (Å²) in [5, 5.41) is 2.55. The summed E-state index contributed by atoms with van der Waals surface area (Å²) in [7, 11) is 0. The average molecular weight is 237 g/mol. The number of amides is 1. The van der Waals surface area contributed by atoms with Gasteiger partial charge in [-0.05, 0) is 24.3 Å². The van der Waals surface area contributed by atoms with Crippen molar-refractivity contribution < 1.29 is 14.0 Å². The highest BCUT2D eigenvalue weighted by molar-refractivity contribution is 5.99. The molecular weight excluding hydrogens is 221 g/mol. The SMILES string of the molecule is CC(C)(C)C(=O)NCC(=O)c1ccc(F)cc1. The molecule has 0 bridgehead atoms. The van der Waals surface area contributed by atoms with E-state index in [1.807, 2.05) is 0 Å². The molecule has 0 saturated heterocycles. The lowest BCUT2D eigenvalue weighted by Gasteiger charge is -2.17. The van der Waals surface area contributed by atoms with Crippen LogP contribution in [0.15, 0.2) is 24.3 Å². The van der Waals surface area contributed by atoms with Crippen molar-refractivity contribution in [3.8, 4) is 0 Å². The molecule has 0 heterocycles. The number of hydrogen-bond donors (Lipinski definition) is 1. The Bertz CT molecular complexity index is 418. The van der Waals surface area contributed by atoms with E-state index in [0.29, 0.717) is 5.56 Å². The molecule has 3 nitrogen and oxygen atoms in total. The third-order valence-electron chi connectivity index (χ3n) is 2.26. The van der Waals surface area contributed by atoms with Crippen LogP contribution in [0, 0.1) is 11.2 Å². The summed E-state index contributed by atoms with van der Waals surface area (Å²) < 4.78 is 12.6. The first-order valence-electron chi connectivity index (χ1n) is 5.38. The van der Waals surface area contributed by atoms with Gasteiger partial charge in [0.1, 0.15) is 5.82 Å². The Morgan fingerprint density at radius 2 is 1.71 bits per heavy atom. The maximum atomic E-state index is 12.6. The van der Waals surface area contributed by atoms with Crippen molar-refractivity contribution in [3.05, 3.63) is 35.6 Å². The molecule has 1 aromatic carbocycles. The Morgan fingerprint density at radius 1 is 1.18 bits per heavy atom. The van der Waals surface area contributed by atoms with Gasteiger partial charge in [-0.3, -0.25) is 9.59 Å². The highest BCUT2D eigenvalue weighted by Gasteiger charge is 2.21. The van der Waals surface area contributed by atoms with Crippen LogP contribution >= 0.6 is 0 Å². The highest BCUT2D eigenvalue weighted by atomic mass is 19.1. The largest absolute Gasteiger partial charge is 0.348 e. The number of benzene rings is 1. The molecule has 17 heavy (non-hydrogen) atoms. The lowest BCUT2D eigenvalue weighted by atomic mass is 9.95. The topological polar surface area (TPSA) is 46.2 Å². The molecule has 0 unspecified atom stereocenters. The van der Waals surface area contributed by atoms with Crippen molar-refractivity contribution in [1.29, 1.82) is 0 Å². The maximum absolute atomic E-state index is 12.6. The standard InChI is InChI=1S/C13H16FNO2/c1-13(2,3)12(17)15-8-11(16)9-4-6-10(14)7-5-9/h4-7H,8H2,1-3H3,(H,15,17). The van der Waals surface area contributed by atoms with Crippen molar-refractivity contribution in [2.75, 3.05) is 6.54 Å². The van der Waals surface area contributed by atoms with Crippen molar-refractivity contribution in [3.63, 3.8) is 0 Å². The van der Waals surface area contributed by atoms with Gasteiger partial charge in [-0.2, -0.15) is 0 Å². The Morgan fingerprint density at radius 3 is 2.18 bits per heavy atom. The van der Waals surface area contributed by atoms with Crippen LogP contribution in [0.4, 0.5) is 4.39 Å². The van der Waals surface area contributed by atoms with Crippen LogP contribution in [-0.2, 0) is 4.79 Å². The van der Waals surface area contributed by atoms with Crippen molar-refractivity contribution in [2.24, 2.45) is 5.41 Å². The number of hydrogen-bond acceptors (Lipinski definition) is 2. The first-order chi connectivity index (χ1) is 7.80. The molecule has 4 heteroatoms. The second-order valence-corrected chi connectivity index (χ2v) is 4.86. The number of halogens is 1. The lowest BCUT2D eigenvalue weighted by Crippen LogP contribution is -2.37. The van der Waals surface area contributed by atoms with Gasteiger partial charge in [0.25, 0.3) is 0 Å². The maximum Gasteiger partial charge on any atom is 0.225 e. The fourth-order valence-corrected chi connectivity index (χ4v) is 1.16. The summed E-state index contributed by atoms with van der Waals surface area (Å²) in [6.45, 7) is 5.24. The van der Waals surface area contributed by atoms with E-state index in [1.54, 1.807) is 20.8 Å². The Hall–Kier alpha value is -1.71. The van der Waals surface area contributed by atoms with Crippen LogP contribution in [0.3, 0.4) is 0 Å². The normalized spacial score (nSPS) is 11.1. The molecule has 0 aliphatic heterocycles. The molecular formula is C13H16FNO2. The zero-order chi connectivity index (χ0) is 13.1. The van der Waals surface area contributed by atoms with Crippen LogP contribution in [0.2, 0.25) is 0 Å². The smallest absolute Gasteiger partial charge is 0.225 e. The van der Waals surface area contributed by atoms with Gasteiger partial charge in [0.2, 0.25) is 5.91 Å². The molecule has 92 valence electrons. The summed E-state index contributed by atoms with van der Waals surface area (Å²) in [5.41, 5.74) is -0.135. The fourth-order valence-electron chi connectivity index (χ4n) is 1.16. The van der Waals surface area contributed by atoms with Gasteiger partial charge in [-0.25, -0.2) is 4.39 Å². The predicted molar refractivity (Wildman–Crippen MR) is 63.2 cm³/mol. The third-order valence-corrected chi connectivity index (χ3v) is 2.26. The molecule has 0 fully saturated rings. The Labute approximate surface area is 100 Å². The second-order valence-electron chi connectivity index (χ2n) is 4.86. The summed E-state index contributed by atoms with van der Waals surface area (Å²) in [6, 6.07) is 5.25. The minimum atomic E-state index is -0.525. The average Bonchev–Trinajstić information content (AvgIpc) is 2.25. The lowest BCUT2D eigenvalue weighted by molar-refractivity contribution is -0.128. The molecule has 1 aromatic rings. The van der Waals surface area contributed by atoms with Crippen molar-refractivity contribution in [2.45, 2.75) is 20.8 Å². The van der Waals surface area contributed by atoms with Crippen LogP contribution in [0.1, 0.15) is 31.1 Å². The summed E-state index contributed by atoms with van der Waals surface area (Å²) in [6.07, 6.45) is 0. The van der Waals surface area contributed by atoms with E-state index in [2.05, 4.69) is 5.32 Å². The van der Waals surface area contributed by atoms with Gasteiger partial charge in [-0.1, -0.05) is 20.8 Å². The minimum Gasteiger partial charge on any atom is -0.348 e. The summed E-state index contributed by atoms with van der Waals surface area (Å²) in [5.74, 6) is -0.809. The second kappa shape index (κ2) is 5.08. The Balaban J connectivity index is 2.56. The van der Waals surface area contributed by atoms with Gasteiger partial charge < -0.3 is 5.32 Å². The summed E-state index contributed by atoms with van der Waals surface area (Å²) >= 11 is 0. The number of carbonyl (C=O) groups excluding carboxylic acids is 2. The molecule has 1 N–H and O–H groups in total. The monoisotopic (exact) mass is 237 g/mol. The molecule has 1 rings (SSSR count). The Kier molecular flexibility index (Phi) is 3.99.